The van der Waals surface area contributed by atoms with Crippen molar-refractivity contribution in [2.45, 2.75) is 26.4 Å². The number of carbonyl (C=O) groups excluding carboxylic acids is 1. The van der Waals surface area contributed by atoms with Crippen LogP contribution in [0.5, 0.6) is 5.75 Å². The number of nitrogens with zero attached hydrogens (tertiary/aromatic N) is 1. The molecule has 3 aromatic rings. The molecule has 0 fully saturated rings. The molecule has 2 N–H and O–H groups in total. The van der Waals surface area contributed by atoms with Crippen LogP contribution in [-0.4, -0.2) is 25.0 Å². The number of hydrogen-bond acceptors (Lipinski definition) is 4. The topological polar surface area (TPSA) is 55.7 Å². The number of thiazole rings is 1. The zero-order valence-electron chi connectivity index (χ0n) is 16.5. The Balaban J connectivity index is 1.50. The van der Waals surface area contributed by atoms with Gasteiger partial charge in [0, 0.05) is 16.6 Å². The average molecular weight is 397 g/mol. The van der Waals surface area contributed by atoms with E-state index in [9.17, 15) is 4.79 Å². The Hall–Kier alpha value is -2.70. The second-order valence-corrected chi connectivity index (χ2v) is 7.92. The molecule has 5 nitrogen and oxygen atoms in total. The minimum Gasteiger partial charge on any atom is -0.497 e. The molecule has 2 aromatic carbocycles. The van der Waals surface area contributed by atoms with E-state index in [0.29, 0.717) is 6.42 Å². The summed E-state index contributed by atoms with van der Waals surface area (Å²) in [7, 11) is 3.82. The molecular weight excluding hydrogens is 370 g/mol. The summed E-state index contributed by atoms with van der Waals surface area (Å²) >= 11 is 1.54. The van der Waals surface area contributed by atoms with Gasteiger partial charge in [-0.25, -0.2) is 4.98 Å². The van der Waals surface area contributed by atoms with Crippen molar-refractivity contribution in [1.29, 1.82) is 0 Å². The summed E-state index contributed by atoms with van der Waals surface area (Å²) in [4.78, 5) is 18.2. The van der Waals surface area contributed by atoms with Crippen LogP contribution in [0.15, 0.2) is 53.9 Å². The molecule has 146 valence electrons. The van der Waals surface area contributed by atoms with Crippen molar-refractivity contribution in [3.63, 3.8) is 0 Å². The van der Waals surface area contributed by atoms with E-state index in [2.05, 4.69) is 29.5 Å². The lowest BCUT2D eigenvalue weighted by atomic mass is 10.2. The van der Waals surface area contributed by atoms with Gasteiger partial charge in [-0.2, -0.15) is 0 Å². The number of aromatic nitrogens is 1. The Bertz CT molecular complexity index is 904. The molecule has 0 saturated carbocycles. The Morgan fingerprint density at radius 2 is 1.82 bits per heavy atom. The monoisotopic (exact) mass is 396 g/mol. The fourth-order valence-electron chi connectivity index (χ4n) is 2.95. The lowest BCUT2D eigenvalue weighted by Gasteiger charge is -2.13. The van der Waals surface area contributed by atoms with Crippen LogP contribution >= 0.6 is 11.3 Å². The maximum absolute atomic E-state index is 12.2. The van der Waals surface area contributed by atoms with E-state index < -0.39 is 0 Å². The van der Waals surface area contributed by atoms with Gasteiger partial charge in [0.15, 0.2) is 0 Å². The molecular formula is C22H26N3O2S+. The normalized spacial score (nSPS) is 11.8. The SMILES string of the molecule is COc1ccc(C[NH+](C)Cc2csc(CC(=O)Nc3ccc(C)cc3)n2)cc1. The molecule has 0 saturated heterocycles. The van der Waals surface area contributed by atoms with Gasteiger partial charge in [0.25, 0.3) is 0 Å². The van der Waals surface area contributed by atoms with Crippen LogP contribution in [0.1, 0.15) is 21.8 Å². The smallest absolute Gasteiger partial charge is 0.231 e. The molecule has 0 radical (unpaired) electrons. The first-order valence-corrected chi connectivity index (χ1v) is 10.1. The molecule has 1 unspecified atom stereocenters. The van der Waals surface area contributed by atoms with Crippen LogP contribution in [0.3, 0.4) is 0 Å². The highest BCUT2D eigenvalue weighted by molar-refractivity contribution is 7.09. The van der Waals surface area contributed by atoms with E-state index in [1.807, 2.05) is 48.7 Å². The van der Waals surface area contributed by atoms with Gasteiger partial charge < -0.3 is 15.0 Å². The number of ether oxygens (including phenoxy) is 1. The first-order chi connectivity index (χ1) is 13.5. The molecule has 1 atom stereocenters. The number of benzene rings is 2. The summed E-state index contributed by atoms with van der Waals surface area (Å²) < 4.78 is 5.20. The number of carbonyl (C=O) groups is 1. The lowest BCUT2D eigenvalue weighted by Crippen LogP contribution is -3.06. The van der Waals surface area contributed by atoms with E-state index in [4.69, 9.17) is 4.74 Å². The second-order valence-electron chi connectivity index (χ2n) is 6.98. The summed E-state index contributed by atoms with van der Waals surface area (Å²) in [5.74, 6) is 0.832. The average Bonchev–Trinajstić information content (AvgIpc) is 3.10. The fraction of sp³-hybridized carbons (Fsp3) is 0.273. The summed E-state index contributed by atoms with van der Waals surface area (Å²) in [6, 6.07) is 15.9. The number of anilines is 1. The van der Waals surface area contributed by atoms with Gasteiger partial charge >= 0.3 is 0 Å². The number of amides is 1. The molecule has 3 rings (SSSR count). The van der Waals surface area contributed by atoms with Crippen LogP contribution in [0.25, 0.3) is 0 Å². The van der Waals surface area contributed by atoms with Gasteiger partial charge in [-0.05, 0) is 43.3 Å². The largest absolute Gasteiger partial charge is 0.497 e. The molecule has 0 aliphatic heterocycles. The van der Waals surface area contributed by atoms with Crippen molar-refractivity contribution in [2.75, 3.05) is 19.5 Å². The molecule has 6 heteroatoms. The predicted octanol–water partition coefficient (Wildman–Crippen LogP) is 2.86. The van der Waals surface area contributed by atoms with Crippen LogP contribution < -0.4 is 15.0 Å². The van der Waals surface area contributed by atoms with Crippen molar-refractivity contribution in [3.05, 3.63) is 75.7 Å². The summed E-state index contributed by atoms with van der Waals surface area (Å²) in [6.45, 7) is 3.75. The van der Waals surface area contributed by atoms with E-state index in [1.165, 1.54) is 16.0 Å². The van der Waals surface area contributed by atoms with Gasteiger partial charge in [0.2, 0.25) is 5.91 Å². The fourth-order valence-corrected chi connectivity index (χ4v) is 3.75. The number of methoxy groups -OCH3 is 1. The molecule has 0 aliphatic rings. The Morgan fingerprint density at radius 1 is 1.11 bits per heavy atom. The molecule has 0 aliphatic carbocycles. The number of aryl methyl sites for hydroxylation is 1. The highest BCUT2D eigenvalue weighted by atomic mass is 32.1. The summed E-state index contributed by atoms with van der Waals surface area (Å²) in [5, 5.41) is 5.81. The predicted molar refractivity (Wildman–Crippen MR) is 113 cm³/mol. The maximum Gasteiger partial charge on any atom is 0.231 e. The standard InChI is InChI=1S/C22H25N3O2S/c1-16-4-8-18(9-5-16)23-21(26)12-22-24-19(15-28-22)14-25(2)13-17-6-10-20(27-3)11-7-17/h4-11,15H,12-14H2,1-3H3,(H,23,26)/p+1. The van der Waals surface area contributed by atoms with E-state index in [0.717, 1.165) is 35.2 Å². The Labute approximate surface area is 170 Å². The summed E-state index contributed by atoms with van der Waals surface area (Å²) in [6.07, 6.45) is 0.302. The third kappa shape index (κ3) is 5.90. The minimum absolute atomic E-state index is 0.0383. The number of nitrogens with one attached hydrogen (secondary N) is 2. The Morgan fingerprint density at radius 3 is 2.50 bits per heavy atom. The highest BCUT2D eigenvalue weighted by Gasteiger charge is 2.12. The first kappa shape index (κ1) is 20.0. The van der Waals surface area contributed by atoms with Crippen LogP contribution in [0, 0.1) is 6.92 Å². The minimum atomic E-state index is -0.0383. The van der Waals surface area contributed by atoms with E-state index in [-0.39, 0.29) is 5.91 Å². The third-order valence-corrected chi connectivity index (χ3v) is 5.29. The van der Waals surface area contributed by atoms with Crippen molar-refractivity contribution < 1.29 is 14.4 Å². The number of hydrogen-bond donors (Lipinski definition) is 2. The molecule has 28 heavy (non-hydrogen) atoms. The van der Waals surface area contributed by atoms with Gasteiger partial charge in [0.05, 0.1) is 20.6 Å². The zero-order valence-corrected chi connectivity index (χ0v) is 17.3. The van der Waals surface area contributed by atoms with E-state index in [1.54, 1.807) is 18.4 Å². The van der Waals surface area contributed by atoms with Gasteiger partial charge in [-0.15, -0.1) is 11.3 Å². The molecule has 1 heterocycles. The van der Waals surface area contributed by atoms with Crippen LogP contribution in [0.2, 0.25) is 0 Å². The molecule has 1 aromatic heterocycles. The quantitative estimate of drug-likeness (QED) is 0.616. The maximum atomic E-state index is 12.2. The van der Waals surface area contributed by atoms with Gasteiger partial charge in [-0.1, -0.05) is 17.7 Å². The van der Waals surface area contributed by atoms with Crippen LogP contribution in [-0.2, 0) is 24.3 Å². The van der Waals surface area contributed by atoms with Crippen molar-refractivity contribution in [2.24, 2.45) is 0 Å². The van der Waals surface area contributed by atoms with Gasteiger partial charge in [-0.3, -0.25) is 4.79 Å². The third-order valence-electron chi connectivity index (χ3n) is 4.39. The molecule has 0 bridgehead atoms. The van der Waals surface area contributed by atoms with Gasteiger partial charge in [0.1, 0.15) is 29.5 Å². The van der Waals surface area contributed by atoms with Crippen molar-refractivity contribution >= 4 is 22.9 Å². The highest BCUT2D eigenvalue weighted by Crippen LogP contribution is 2.13. The van der Waals surface area contributed by atoms with Crippen LogP contribution in [0.4, 0.5) is 5.69 Å². The van der Waals surface area contributed by atoms with E-state index >= 15 is 0 Å². The lowest BCUT2D eigenvalue weighted by molar-refractivity contribution is -0.908. The van der Waals surface area contributed by atoms with Crippen molar-refractivity contribution in [3.8, 4) is 5.75 Å². The molecule has 0 spiro atoms. The second kappa shape index (κ2) is 9.48. The summed E-state index contributed by atoms with van der Waals surface area (Å²) in [5.41, 5.74) is 4.26. The number of rotatable bonds is 8. The Kier molecular flexibility index (Phi) is 6.79. The van der Waals surface area contributed by atoms with Crippen molar-refractivity contribution in [1.82, 2.24) is 4.98 Å². The zero-order chi connectivity index (χ0) is 19.9. The first-order valence-electron chi connectivity index (χ1n) is 9.26. The molecule has 1 amide bonds. The number of quaternary nitrogens is 1.